The topological polar surface area (TPSA) is 55.6 Å². The van der Waals surface area contributed by atoms with Crippen LogP contribution in [0.2, 0.25) is 0 Å². The van der Waals surface area contributed by atoms with E-state index in [2.05, 4.69) is 20.4 Å². The average Bonchev–Trinajstić information content (AvgIpc) is 3.00. The van der Waals surface area contributed by atoms with Crippen molar-refractivity contribution in [2.24, 2.45) is 0 Å². The Morgan fingerprint density at radius 1 is 1.20 bits per heavy atom. The van der Waals surface area contributed by atoms with E-state index in [1.54, 1.807) is 23.3 Å². The van der Waals surface area contributed by atoms with Crippen LogP contribution in [-0.4, -0.2) is 19.7 Å². The summed E-state index contributed by atoms with van der Waals surface area (Å²) >= 11 is 0. The minimum absolute atomic E-state index is 0.232. The van der Waals surface area contributed by atoms with Crippen molar-refractivity contribution in [1.82, 2.24) is 19.7 Å². The Hall–Kier alpha value is -2.76. The van der Waals surface area contributed by atoms with Gasteiger partial charge in [-0.1, -0.05) is 12.1 Å². The van der Waals surface area contributed by atoms with E-state index in [4.69, 9.17) is 0 Å². The molecule has 0 saturated carbocycles. The van der Waals surface area contributed by atoms with E-state index in [0.29, 0.717) is 12.4 Å². The molecule has 6 heteroatoms. The zero-order valence-electron chi connectivity index (χ0n) is 10.6. The summed E-state index contributed by atoms with van der Waals surface area (Å²) in [5.41, 5.74) is 1.74. The van der Waals surface area contributed by atoms with Gasteiger partial charge in [-0.15, -0.1) is 0 Å². The first kappa shape index (κ1) is 12.3. The monoisotopic (exact) mass is 269 g/mol. The van der Waals surface area contributed by atoms with Gasteiger partial charge >= 0.3 is 0 Å². The zero-order chi connectivity index (χ0) is 13.8. The van der Waals surface area contributed by atoms with Crippen molar-refractivity contribution in [3.05, 3.63) is 66.6 Å². The molecule has 0 amide bonds. The summed E-state index contributed by atoms with van der Waals surface area (Å²) < 4.78 is 14.6. The number of hydrogen-bond acceptors (Lipinski definition) is 4. The minimum atomic E-state index is -0.232. The molecule has 3 aromatic rings. The molecular weight excluding hydrogens is 257 g/mol. The van der Waals surface area contributed by atoms with Crippen molar-refractivity contribution < 1.29 is 4.39 Å². The number of hydrogen-bond donors (Lipinski definition) is 1. The van der Waals surface area contributed by atoms with Crippen LogP contribution in [0.3, 0.4) is 0 Å². The summed E-state index contributed by atoms with van der Waals surface area (Å²) in [5.74, 6) is 0.461. The standard InChI is InChI=1S/C14H12FN5/c15-12-3-1-2-11(6-12)7-17-13-4-5-14(18-8-13)20-10-16-9-19-20/h1-6,8-10,17H,7H2. The van der Waals surface area contributed by atoms with Gasteiger partial charge in [0.25, 0.3) is 0 Å². The maximum absolute atomic E-state index is 13.0. The number of nitrogens with one attached hydrogen (secondary N) is 1. The number of halogens is 1. The van der Waals surface area contributed by atoms with Gasteiger partial charge in [0.2, 0.25) is 0 Å². The quantitative estimate of drug-likeness (QED) is 0.790. The maximum Gasteiger partial charge on any atom is 0.155 e. The van der Waals surface area contributed by atoms with Crippen LogP contribution in [0.1, 0.15) is 5.56 Å². The van der Waals surface area contributed by atoms with E-state index in [0.717, 1.165) is 11.3 Å². The van der Waals surface area contributed by atoms with Crippen LogP contribution in [0, 0.1) is 5.82 Å². The van der Waals surface area contributed by atoms with Crippen LogP contribution in [-0.2, 0) is 6.54 Å². The van der Waals surface area contributed by atoms with Crippen molar-refractivity contribution in [3.8, 4) is 5.82 Å². The van der Waals surface area contributed by atoms with Gasteiger partial charge < -0.3 is 5.32 Å². The van der Waals surface area contributed by atoms with E-state index in [-0.39, 0.29) is 5.82 Å². The first-order valence-electron chi connectivity index (χ1n) is 6.11. The molecule has 0 fully saturated rings. The van der Waals surface area contributed by atoms with Crippen LogP contribution in [0.15, 0.2) is 55.2 Å². The first-order valence-corrected chi connectivity index (χ1v) is 6.11. The summed E-state index contributed by atoms with van der Waals surface area (Å²) in [6.45, 7) is 0.544. The number of aromatic nitrogens is 4. The molecule has 1 aromatic carbocycles. The lowest BCUT2D eigenvalue weighted by Crippen LogP contribution is -2.02. The molecule has 0 spiro atoms. The van der Waals surface area contributed by atoms with Gasteiger partial charge in [-0.2, -0.15) is 5.10 Å². The SMILES string of the molecule is Fc1cccc(CNc2ccc(-n3cncn3)nc2)c1. The molecule has 20 heavy (non-hydrogen) atoms. The molecule has 1 N–H and O–H groups in total. The summed E-state index contributed by atoms with van der Waals surface area (Å²) in [6, 6.07) is 10.2. The molecule has 0 unspecified atom stereocenters. The molecule has 0 aliphatic carbocycles. The van der Waals surface area contributed by atoms with Gasteiger partial charge in [0.05, 0.1) is 11.9 Å². The van der Waals surface area contributed by atoms with Crippen LogP contribution in [0.25, 0.3) is 5.82 Å². The lowest BCUT2D eigenvalue weighted by atomic mass is 10.2. The third-order valence-electron chi connectivity index (χ3n) is 2.79. The summed E-state index contributed by atoms with van der Waals surface area (Å²) in [5, 5.41) is 7.19. The molecule has 3 rings (SSSR count). The molecule has 100 valence electrons. The summed E-state index contributed by atoms with van der Waals surface area (Å²) in [7, 11) is 0. The number of benzene rings is 1. The molecule has 0 atom stereocenters. The Morgan fingerprint density at radius 3 is 2.85 bits per heavy atom. The minimum Gasteiger partial charge on any atom is -0.380 e. The number of rotatable bonds is 4. The number of nitrogens with zero attached hydrogens (tertiary/aromatic N) is 4. The predicted molar refractivity (Wildman–Crippen MR) is 72.9 cm³/mol. The van der Waals surface area contributed by atoms with Gasteiger partial charge in [0.15, 0.2) is 5.82 Å². The highest BCUT2D eigenvalue weighted by molar-refractivity contribution is 5.44. The Kier molecular flexibility index (Phi) is 3.36. The van der Waals surface area contributed by atoms with Crippen LogP contribution >= 0.6 is 0 Å². The molecule has 5 nitrogen and oxygen atoms in total. The van der Waals surface area contributed by atoms with Crippen molar-refractivity contribution >= 4 is 5.69 Å². The highest BCUT2D eigenvalue weighted by Crippen LogP contribution is 2.11. The first-order chi connectivity index (χ1) is 9.81. The smallest absolute Gasteiger partial charge is 0.155 e. The predicted octanol–water partition coefficient (Wildman–Crippen LogP) is 2.41. The normalized spacial score (nSPS) is 10.4. The highest BCUT2D eigenvalue weighted by atomic mass is 19.1. The molecule has 2 heterocycles. The van der Waals surface area contributed by atoms with Crippen LogP contribution in [0.4, 0.5) is 10.1 Å². The number of anilines is 1. The van der Waals surface area contributed by atoms with E-state index in [1.807, 2.05) is 18.2 Å². The van der Waals surface area contributed by atoms with Crippen LogP contribution in [0.5, 0.6) is 0 Å². The van der Waals surface area contributed by atoms with E-state index in [1.165, 1.54) is 18.5 Å². The van der Waals surface area contributed by atoms with Gasteiger partial charge in [-0.25, -0.2) is 19.0 Å². The van der Waals surface area contributed by atoms with E-state index >= 15 is 0 Å². The third kappa shape index (κ3) is 2.80. The zero-order valence-corrected chi connectivity index (χ0v) is 10.6. The molecule has 0 radical (unpaired) electrons. The lowest BCUT2D eigenvalue weighted by molar-refractivity contribution is 0.626. The van der Waals surface area contributed by atoms with Crippen molar-refractivity contribution in [2.45, 2.75) is 6.54 Å². The largest absolute Gasteiger partial charge is 0.380 e. The maximum atomic E-state index is 13.0. The van der Waals surface area contributed by atoms with Crippen molar-refractivity contribution in [1.29, 1.82) is 0 Å². The molecular formula is C14H12FN5. The van der Waals surface area contributed by atoms with Gasteiger partial charge in [0, 0.05) is 6.54 Å². The Labute approximate surface area is 115 Å². The van der Waals surface area contributed by atoms with Crippen LogP contribution < -0.4 is 5.32 Å². The second-order valence-corrected chi connectivity index (χ2v) is 4.23. The molecule has 0 aliphatic rings. The lowest BCUT2D eigenvalue weighted by Gasteiger charge is -2.07. The van der Waals surface area contributed by atoms with Crippen molar-refractivity contribution in [3.63, 3.8) is 0 Å². The molecule has 0 bridgehead atoms. The summed E-state index contributed by atoms with van der Waals surface area (Å²) in [6.07, 6.45) is 4.75. The van der Waals surface area contributed by atoms with Gasteiger partial charge in [0.1, 0.15) is 18.5 Å². The number of pyridine rings is 1. The summed E-state index contributed by atoms with van der Waals surface area (Å²) in [4.78, 5) is 8.14. The fraction of sp³-hybridized carbons (Fsp3) is 0.0714. The average molecular weight is 269 g/mol. The van der Waals surface area contributed by atoms with Gasteiger partial charge in [-0.05, 0) is 29.8 Å². The van der Waals surface area contributed by atoms with Gasteiger partial charge in [-0.3, -0.25) is 0 Å². The fourth-order valence-electron chi connectivity index (χ4n) is 1.80. The van der Waals surface area contributed by atoms with E-state index < -0.39 is 0 Å². The molecule has 0 aliphatic heterocycles. The Bertz CT molecular complexity index is 679. The highest BCUT2D eigenvalue weighted by Gasteiger charge is 2.00. The van der Waals surface area contributed by atoms with E-state index in [9.17, 15) is 4.39 Å². The second-order valence-electron chi connectivity index (χ2n) is 4.23. The molecule has 2 aromatic heterocycles. The van der Waals surface area contributed by atoms with Crippen molar-refractivity contribution in [2.75, 3.05) is 5.32 Å². The molecule has 0 saturated heterocycles. The Balaban J connectivity index is 1.67. The fourth-order valence-corrected chi connectivity index (χ4v) is 1.80. The Morgan fingerprint density at radius 2 is 2.15 bits per heavy atom. The second kappa shape index (κ2) is 5.48. The third-order valence-corrected chi connectivity index (χ3v) is 2.79.